The summed E-state index contributed by atoms with van der Waals surface area (Å²) in [5.74, 6) is 0. The summed E-state index contributed by atoms with van der Waals surface area (Å²) in [5.41, 5.74) is 3.64. The summed E-state index contributed by atoms with van der Waals surface area (Å²) in [6.07, 6.45) is 3.46. The minimum absolute atomic E-state index is 1.06. The van der Waals surface area contributed by atoms with E-state index in [4.69, 9.17) is 4.99 Å². The van der Waals surface area contributed by atoms with E-state index in [-0.39, 0.29) is 0 Å². The lowest BCUT2D eigenvalue weighted by atomic mass is 10.0. The van der Waals surface area contributed by atoms with Crippen molar-refractivity contribution in [3.8, 4) is 0 Å². The highest BCUT2D eigenvalue weighted by Crippen LogP contribution is 2.40. The van der Waals surface area contributed by atoms with E-state index in [1.165, 1.54) is 33.9 Å². The Kier molecular flexibility index (Phi) is 3.69. The van der Waals surface area contributed by atoms with Gasteiger partial charge in [-0.3, -0.25) is 4.99 Å². The van der Waals surface area contributed by atoms with Gasteiger partial charge in [0.05, 0.1) is 5.69 Å². The molecular formula is C17H17NS. The van der Waals surface area contributed by atoms with Crippen LogP contribution >= 0.6 is 11.8 Å². The molecule has 0 amide bonds. The largest absolute Gasteiger partial charge is 0.252 e. The maximum Gasteiger partial charge on any atom is 0.0772 e. The zero-order chi connectivity index (χ0) is 13.1. The van der Waals surface area contributed by atoms with Crippen molar-refractivity contribution in [3.63, 3.8) is 0 Å². The number of aliphatic imine (C=N–C) groups is 1. The van der Waals surface area contributed by atoms with E-state index < -0.39 is 0 Å². The number of fused-ring (bicyclic) bond motifs is 2. The van der Waals surface area contributed by atoms with Gasteiger partial charge in [-0.05, 0) is 31.0 Å². The van der Waals surface area contributed by atoms with E-state index in [0.717, 1.165) is 12.1 Å². The van der Waals surface area contributed by atoms with E-state index in [2.05, 4.69) is 55.5 Å². The van der Waals surface area contributed by atoms with Gasteiger partial charge < -0.3 is 0 Å². The first kappa shape index (κ1) is 12.5. The molecule has 0 saturated heterocycles. The minimum atomic E-state index is 1.06. The highest BCUT2D eigenvalue weighted by Gasteiger charge is 2.16. The van der Waals surface area contributed by atoms with E-state index in [1.807, 2.05) is 11.8 Å². The van der Waals surface area contributed by atoms with Crippen LogP contribution in [0.2, 0.25) is 0 Å². The smallest absolute Gasteiger partial charge is 0.0772 e. The van der Waals surface area contributed by atoms with Crippen LogP contribution in [0.15, 0.2) is 63.3 Å². The van der Waals surface area contributed by atoms with Crippen molar-refractivity contribution in [3.05, 3.63) is 54.1 Å². The van der Waals surface area contributed by atoms with Crippen molar-refractivity contribution in [2.75, 3.05) is 0 Å². The third kappa shape index (κ3) is 2.59. The molecule has 2 heteroatoms. The molecule has 1 aliphatic rings. The first-order valence-electron chi connectivity index (χ1n) is 6.82. The van der Waals surface area contributed by atoms with Crippen molar-refractivity contribution in [2.45, 2.75) is 36.0 Å². The van der Waals surface area contributed by atoms with Crippen LogP contribution in [0.25, 0.3) is 0 Å². The van der Waals surface area contributed by atoms with Gasteiger partial charge in [-0.1, -0.05) is 55.4 Å². The van der Waals surface area contributed by atoms with E-state index in [0.29, 0.717) is 0 Å². The molecule has 0 atom stereocenters. The van der Waals surface area contributed by atoms with Crippen LogP contribution < -0.4 is 0 Å². The van der Waals surface area contributed by atoms with Crippen molar-refractivity contribution in [2.24, 2.45) is 4.99 Å². The topological polar surface area (TPSA) is 12.4 Å². The second-order valence-corrected chi connectivity index (χ2v) is 5.81. The molecule has 0 unspecified atom stereocenters. The average molecular weight is 267 g/mol. The maximum atomic E-state index is 4.91. The van der Waals surface area contributed by atoms with Gasteiger partial charge >= 0.3 is 0 Å². The Bertz CT molecular complexity index is 616. The van der Waals surface area contributed by atoms with Crippen LogP contribution in [-0.2, 0) is 0 Å². The van der Waals surface area contributed by atoms with Crippen molar-refractivity contribution >= 4 is 23.2 Å². The SMILES string of the molecule is CCCCC1=Nc2ccccc2Sc2ccccc21. The molecule has 0 N–H and O–H groups in total. The van der Waals surface area contributed by atoms with Gasteiger partial charge in [-0.25, -0.2) is 0 Å². The van der Waals surface area contributed by atoms with Gasteiger partial charge in [-0.15, -0.1) is 0 Å². The lowest BCUT2D eigenvalue weighted by Crippen LogP contribution is -2.01. The molecule has 1 aliphatic heterocycles. The summed E-state index contributed by atoms with van der Waals surface area (Å²) in [7, 11) is 0. The number of hydrogen-bond donors (Lipinski definition) is 0. The normalized spacial score (nSPS) is 13.2. The predicted molar refractivity (Wildman–Crippen MR) is 82.7 cm³/mol. The highest BCUT2D eigenvalue weighted by molar-refractivity contribution is 7.99. The first-order valence-corrected chi connectivity index (χ1v) is 7.64. The Balaban J connectivity index is 2.11. The molecule has 2 aromatic carbocycles. The number of nitrogens with zero attached hydrogens (tertiary/aromatic N) is 1. The van der Waals surface area contributed by atoms with Gasteiger partial charge in [0.1, 0.15) is 0 Å². The summed E-state index contributed by atoms with van der Waals surface area (Å²) < 4.78 is 0. The third-order valence-corrected chi connectivity index (χ3v) is 4.45. The Morgan fingerprint density at radius 3 is 2.53 bits per heavy atom. The molecule has 0 spiro atoms. The highest BCUT2D eigenvalue weighted by atomic mass is 32.2. The molecule has 0 saturated carbocycles. The second kappa shape index (κ2) is 5.62. The third-order valence-electron chi connectivity index (χ3n) is 3.31. The summed E-state index contributed by atoms with van der Waals surface area (Å²) >= 11 is 1.83. The monoisotopic (exact) mass is 267 g/mol. The van der Waals surface area contributed by atoms with Crippen molar-refractivity contribution in [1.82, 2.24) is 0 Å². The minimum Gasteiger partial charge on any atom is -0.252 e. The van der Waals surface area contributed by atoms with Gasteiger partial charge in [-0.2, -0.15) is 0 Å². The molecule has 19 heavy (non-hydrogen) atoms. The van der Waals surface area contributed by atoms with Crippen molar-refractivity contribution in [1.29, 1.82) is 0 Å². The first-order chi connectivity index (χ1) is 9.38. The second-order valence-electron chi connectivity index (χ2n) is 4.73. The van der Waals surface area contributed by atoms with E-state index in [9.17, 15) is 0 Å². The number of hydrogen-bond acceptors (Lipinski definition) is 2. The molecule has 0 fully saturated rings. The molecule has 0 radical (unpaired) electrons. The number of benzene rings is 2. The van der Waals surface area contributed by atoms with Gasteiger partial charge in [0.25, 0.3) is 0 Å². The van der Waals surface area contributed by atoms with Crippen LogP contribution in [0.5, 0.6) is 0 Å². The van der Waals surface area contributed by atoms with Crippen LogP contribution in [0, 0.1) is 0 Å². The number of para-hydroxylation sites is 1. The fourth-order valence-electron chi connectivity index (χ4n) is 2.29. The summed E-state index contributed by atoms with van der Waals surface area (Å²) in [6.45, 7) is 2.23. The lowest BCUT2D eigenvalue weighted by Gasteiger charge is -2.07. The van der Waals surface area contributed by atoms with Crippen LogP contribution in [0.4, 0.5) is 5.69 Å². The van der Waals surface area contributed by atoms with Crippen LogP contribution in [0.3, 0.4) is 0 Å². The molecule has 96 valence electrons. The van der Waals surface area contributed by atoms with Gasteiger partial charge in [0.15, 0.2) is 0 Å². The van der Waals surface area contributed by atoms with Gasteiger partial charge in [0, 0.05) is 21.1 Å². The van der Waals surface area contributed by atoms with E-state index >= 15 is 0 Å². The Hall–Kier alpha value is -1.54. The van der Waals surface area contributed by atoms with Crippen LogP contribution in [-0.4, -0.2) is 5.71 Å². The average Bonchev–Trinajstić information content (AvgIpc) is 2.61. The molecule has 0 bridgehead atoms. The fraction of sp³-hybridized carbons (Fsp3) is 0.235. The molecular weight excluding hydrogens is 250 g/mol. The fourth-order valence-corrected chi connectivity index (χ4v) is 3.33. The summed E-state index contributed by atoms with van der Waals surface area (Å²) in [4.78, 5) is 7.49. The van der Waals surface area contributed by atoms with E-state index in [1.54, 1.807) is 0 Å². The Morgan fingerprint density at radius 1 is 0.947 bits per heavy atom. The zero-order valence-corrected chi connectivity index (χ0v) is 11.9. The molecule has 3 rings (SSSR count). The van der Waals surface area contributed by atoms with Crippen LogP contribution in [0.1, 0.15) is 31.7 Å². The molecule has 2 aromatic rings. The predicted octanol–water partition coefficient (Wildman–Crippen LogP) is 5.46. The van der Waals surface area contributed by atoms with Crippen molar-refractivity contribution < 1.29 is 0 Å². The quantitative estimate of drug-likeness (QED) is 0.719. The molecule has 1 heterocycles. The standard InChI is InChI=1S/C17H17NS/c1-2-3-9-14-13-8-4-6-11-16(13)19-17-12-7-5-10-15(17)18-14/h4-8,10-12H,2-3,9H2,1H3. The van der Waals surface area contributed by atoms with Gasteiger partial charge in [0.2, 0.25) is 0 Å². The lowest BCUT2D eigenvalue weighted by molar-refractivity contribution is 0.834. The Morgan fingerprint density at radius 2 is 1.68 bits per heavy atom. The summed E-state index contributed by atoms with van der Waals surface area (Å²) in [6, 6.07) is 17.0. The zero-order valence-electron chi connectivity index (χ0n) is 11.1. The summed E-state index contributed by atoms with van der Waals surface area (Å²) in [5, 5.41) is 0. The molecule has 0 aliphatic carbocycles. The number of rotatable bonds is 3. The molecule has 0 aromatic heterocycles. The maximum absolute atomic E-state index is 4.91. The Labute approximate surface area is 118 Å². The molecule has 1 nitrogen and oxygen atoms in total. The number of unbranched alkanes of at least 4 members (excludes halogenated alkanes) is 1.